The van der Waals surface area contributed by atoms with Crippen molar-refractivity contribution in [1.82, 2.24) is 0 Å². The Morgan fingerprint density at radius 2 is 2.31 bits per heavy atom. The van der Waals surface area contributed by atoms with Gasteiger partial charge in [-0.15, -0.1) is 0 Å². The molecule has 0 aromatic carbocycles. The average Bonchev–Trinajstić information content (AvgIpc) is 2.54. The van der Waals surface area contributed by atoms with Gasteiger partial charge >= 0.3 is 5.97 Å². The van der Waals surface area contributed by atoms with Crippen LogP contribution in [-0.4, -0.2) is 5.97 Å². The van der Waals surface area contributed by atoms with Crippen LogP contribution in [0.25, 0.3) is 0 Å². The summed E-state index contributed by atoms with van der Waals surface area (Å²) in [6, 6.07) is 0. The van der Waals surface area contributed by atoms with E-state index in [4.69, 9.17) is 4.74 Å². The highest BCUT2D eigenvalue weighted by atomic mass is 32.1. The average molecular weight is 238 g/mol. The molecule has 0 aromatic rings. The van der Waals surface area contributed by atoms with Crippen molar-refractivity contribution in [3.63, 3.8) is 0 Å². The minimum absolute atomic E-state index is 0. The molecule has 0 bridgehead atoms. The van der Waals surface area contributed by atoms with Crippen molar-refractivity contribution in [1.29, 1.82) is 0 Å². The van der Waals surface area contributed by atoms with E-state index in [0.29, 0.717) is 5.92 Å². The number of rotatable bonds is 2. The number of esters is 1. The van der Waals surface area contributed by atoms with Crippen LogP contribution in [0.1, 0.15) is 26.7 Å². The molecule has 1 aliphatic carbocycles. The third-order valence-electron chi connectivity index (χ3n) is 2.74. The second-order valence-electron chi connectivity index (χ2n) is 4.46. The standard InChI is InChI=1S/C13H16O2.H2S/c1-9(2)7-8-12-10-5-3-4-6-11(10)13(14)15-12;/h3-4,6,8-10H,5,7H2,1-2H3;1H2/b12-8-;/t10-;/m0./s1. The lowest BCUT2D eigenvalue weighted by Gasteiger charge is -2.10. The lowest BCUT2D eigenvalue weighted by molar-refractivity contribution is -0.132. The van der Waals surface area contributed by atoms with Crippen molar-refractivity contribution < 1.29 is 9.53 Å². The Labute approximate surface area is 104 Å². The van der Waals surface area contributed by atoms with E-state index in [-0.39, 0.29) is 25.4 Å². The fourth-order valence-electron chi connectivity index (χ4n) is 1.88. The molecule has 1 fully saturated rings. The van der Waals surface area contributed by atoms with Crippen molar-refractivity contribution in [2.75, 3.05) is 0 Å². The summed E-state index contributed by atoms with van der Waals surface area (Å²) < 4.78 is 5.27. The fourth-order valence-corrected chi connectivity index (χ4v) is 1.88. The monoisotopic (exact) mass is 238 g/mol. The van der Waals surface area contributed by atoms with E-state index in [2.05, 4.69) is 26.0 Å². The molecule has 0 radical (unpaired) electrons. The number of carbonyl (C=O) groups excluding carboxylic acids is 1. The predicted molar refractivity (Wildman–Crippen MR) is 69.3 cm³/mol. The smallest absolute Gasteiger partial charge is 0.339 e. The van der Waals surface area contributed by atoms with Crippen molar-refractivity contribution in [3.8, 4) is 0 Å². The molecule has 0 N–H and O–H groups in total. The van der Waals surface area contributed by atoms with E-state index in [1.165, 1.54) is 0 Å². The van der Waals surface area contributed by atoms with Crippen molar-refractivity contribution in [3.05, 3.63) is 35.6 Å². The first-order valence-corrected chi connectivity index (χ1v) is 5.47. The van der Waals surface area contributed by atoms with Gasteiger partial charge in [-0.2, -0.15) is 13.5 Å². The highest BCUT2D eigenvalue weighted by Gasteiger charge is 2.35. The van der Waals surface area contributed by atoms with Crippen LogP contribution in [0.2, 0.25) is 0 Å². The molecule has 1 saturated heterocycles. The van der Waals surface area contributed by atoms with Gasteiger partial charge in [-0.05, 0) is 24.8 Å². The summed E-state index contributed by atoms with van der Waals surface area (Å²) in [4.78, 5) is 11.5. The maximum atomic E-state index is 11.5. The topological polar surface area (TPSA) is 26.3 Å². The first-order valence-electron chi connectivity index (χ1n) is 5.47. The van der Waals surface area contributed by atoms with Crippen molar-refractivity contribution in [2.24, 2.45) is 11.8 Å². The molecule has 0 amide bonds. The van der Waals surface area contributed by atoms with Gasteiger partial charge in [0.15, 0.2) is 0 Å². The van der Waals surface area contributed by atoms with Gasteiger partial charge in [-0.3, -0.25) is 0 Å². The number of fused-ring (bicyclic) bond motifs is 1. The molecule has 2 aliphatic rings. The van der Waals surface area contributed by atoms with E-state index in [1.807, 2.05) is 12.2 Å². The molecular weight excluding hydrogens is 220 g/mol. The second-order valence-corrected chi connectivity index (χ2v) is 4.46. The molecule has 0 unspecified atom stereocenters. The minimum atomic E-state index is -0.167. The van der Waals surface area contributed by atoms with E-state index in [9.17, 15) is 4.79 Å². The number of hydrogen-bond acceptors (Lipinski definition) is 2. The van der Waals surface area contributed by atoms with E-state index < -0.39 is 0 Å². The zero-order chi connectivity index (χ0) is 10.8. The summed E-state index contributed by atoms with van der Waals surface area (Å²) in [6.07, 6.45) is 9.80. The van der Waals surface area contributed by atoms with Gasteiger partial charge in [0.1, 0.15) is 5.76 Å². The van der Waals surface area contributed by atoms with Gasteiger partial charge in [-0.25, -0.2) is 4.79 Å². The zero-order valence-electron chi connectivity index (χ0n) is 9.69. The molecule has 0 saturated carbocycles. The minimum Gasteiger partial charge on any atom is -0.427 e. The number of allylic oxidation sites excluding steroid dienone is 5. The third-order valence-corrected chi connectivity index (χ3v) is 2.74. The summed E-state index contributed by atoms with van der Waals surface area (Å²) in [5.74, 6) is 1.47. The number of carbonyl (C=O) groups is 1. The van der Waals surface area contributed by atoms with Crippen LogP contribution in [0.5, 0.6) is 0 Å². The highest BCUT2D eigenvalue weighted by molar-refractivity contribution is 7.59. The number of cyclic esters (lactones) is 1. The van der Waals surface area contributed by atoms with Crippen molar-refractivity contribution >= 4 is 19.5 Å². The summed E-state index contributed by atoms with van der Waals surface area (Å²) in [7, 11) is 0. The number of ether oxygens (including phenoxy) is 1. The summed E-state index contributed by atoms with van der Waals surface area (Å²) in [5, 5.41) is 0. The van der Waals surface area contributed by atoms with Crippen LogP contribution in [-0.2, 0) is 9.53 Å². The van der Waals surface area contributed by atoms with Gasteiger partial charge in [0, 0.05) is 5.57 Å². The Morgan fingerprint density at radius 1 is 1.56 bits per heavy atom. The van der Waals surface area contributed by atoms with Gasteiger partial charge in [-0.1, -0.05) is 32.1 Å². The van der Waals surface area contributed by atoms with Crippen LogP contribution in [0.4, 0.5) is 0 Å². The maximum absolute atomic E-state index is 11.5. The van der Waals surface area contributed by atoms with Crippen LogP contribution in [0.15, 0.2) is 35.6 Å². The molecule has 2 rings (SSSR count). The molecule has 1 heterocycles. The van der Waals surface area contributed by atoms with Gasteiger partial charge < -0.3 is 4.74 Å². The van der Waals surface area contributed by atoms with Crippen molar-refractivity contribution in [2.45, 2.75) is 26.7 Å². The summed E-state index contributed by atoms with van der Waals surface area (Å²) in [6.45, 7) is 4.32. The van der Waals surface area contributed by atoms with Gasteiger partial charge in [0.05, 0.1) is 5.92 Å². The van der Waals surface area contributed by atoms with Gasteiger partial charge in [0.2, 0.25) is 0 Å². The molecule has 0 aromatic heterocycles. The Hall–Kier alpha value is -0.960. The summed E-state index contributed by atoms with van der Waals surface area (Å²) in [5.41, 5.74) is 0.813. The molecule has 3 heteroatoms. The summed E-state index contributed by atoms with van der Waals surface area (Å²) >= 11 is 0. The quantitative estimate of drug-likeness (QED) is 0.691. The normalized spacial score (nSPS) is 25.2. The molecule has 1 atom stereocenters. The predicted octanol–water partition coefficient (Wildman–Crippen LogP) is 3.09. The van der Waals surface area contributed by atoms with Gasteiger partial charge in [0.25, 0.3) is 0 Å². The Bertz CT molecular complexity index is 364. The van der Waals surface area contributed by atoms with Crippen LogP contribution < -0.4 is 0 Å². The first kappa shape index (κ1) is 13.1. The fraction of sp³-hybridized carbons (Fsp3) is 0.462. The molecule has 0 spiro atoms. The lowest BCUT2D eigenvalue weighted by atomic mass is 9.91. The lowest BCUT2D eigenvalue weighted by Crippen LogP contribution is -2.04. The SMILES string of the molecule is CC(C)C/C=C1\OC(=O)C2=CC=CC[C@@H]21.S. The van der Waals surface area contributed by atoms with E-state index >= 15 is 0 Å². The second kappa shape index (κ2) is 5.39. The Morgan fingerprint density at radius 3 is 3.00 bits per heavy atom. The van der Waals surface area contributed by atoms with E-state index in [0.717, 1.165) is 24.2 Å². The molecule has 1 aliphatic heterocycles. The highest BCUT2D eigenvalue weighted by Crippen LogP contribution is 2.36. The van der Waals surface area contributed by atoms with Crippen LogP contribution >= 0.6 is 13.5 Å². The maximum Gasteiger partial charge on any atom is 0.339 e. The largest absolute Gasteiger partial charge is 0.427 e. The Kier molecular flexibility index (Phi) is 4.42. The first-order chi connectivity index (χ1) is 7.18. The van der Waals surface area contributed by atoms with Crippen LogP contribution in [0.3, 0.4) is 0 Å². The molecule has 2 nitrogen and oxygen atoms in total. The molecular formula is C13H18O2S. The number of hydrogen-bond donors (Lipinski definition) is 0. The van der Waals surface area contributed by atoms with Crippen LogP contribution in [0, 0.1) is 11.8 Å². The Balaban J connectivity index is 0.00000128. The van der Waals surface area contributed by atoms with E-state index in [1.54, 1.807) is 0 Å². The molecule has 16 heavy (non-hydrogen) atoms. The zero-order valence-corrected chi connectivity index (χ0v) is 10.7. The third kappa shape index (κ3) is 2.59. The molecule has 88 valence electrons.